The first-order chi connectivity index (χ1) is 12.6. The molecule has 8 nitrogen and oxygen atoms in total. The van der Waals surface area contributed by atoms with E-state index in [9.17, 15) is 9.59 Å². The van der Waals surface area contributed by atoms with Crippen LogP contribution in [0, 0.1) is 0 Å². The molecule has 2 amide bonds. The van der Waals surface area contributed by atoms with Gasteiger partial charge in [-0.2, -0.15) is 0 Å². The van der Waals surface area contributed by atoms with Crippen LogP contribution in [0.3, 0.4) is 0 Å². The summed E-state index contributed by atoms with van der Waals surface area (Å²) in [4.78, 5) is 23.0. The van der Waals surface area contributed by atoms with E-state index >= 15 is 0 Å². The van der Waals surface area contributed by atoms with E-state index in [1.54, 1.807) is 14.2 Å². The summed E-state index contributed by atoms with van der Waals surface area (Å²) in [6, 6.07) is 0. The number of methoxy groups -OCH3 is 2. The summed E-state index contributed by atoms with van der Waals surface area (Å²) < 4.78 is 20.9. The fraction of sp³-hybridized carbons (Fsp3) is 0.889. The SMILES string of the molecule is CCCNC(=O)CCCCOCCCNC(=O)COCC(COC)OC. The molecule has 0 aliphatic rings. The van der Waals surface area contributed by atoms with Crippen LogP contribution in [0.1, 0.15) is 39.0 Å². The van der Waals surface area contributed by atoms with E-state index in [4.69, 9.17) is 18.9 Å². The lowest BCUT2D eigenvalue weighted by molar-refractivity contribution is -0.127. The molecule has 8 heteroatoms. The first-order valence-electron chi connectivity index (χ1n) is 9.34. The minimum atomic E-state index is -0.168. The van der Waals surface area contributed by atoms with Crippen molar-refractivity contribution in [2.45, 2.75) is 45.1 Å². The first kappa shape index (κ1) is 24.8. The molecule has 0 rings (SSSR count). The van der Waals surface area contributed by atoms with Crippen molar-refractivity contribution in [3.05, 3.63) is 0 Å². The zero-order valence-corrected chi connectivity index (χ0v) is 16.5. The number of rotatable bonds is 18. The number of hydrogen-bond acceptors (Lipinski definition) is 6. The van der Waals surface area contributed by atoms with Crippen LogP contribution in [-0.2, 0) is 28.5 Å². The van der Waals surface area contributed by atoms with Crippen molar-refractivity contribution in [3.63, 3.8) is 0 Å². The molecule has 0 bridgehead atoms. The van der Waals surface area contributed by atoms with Gasteiger partial charge in [0.25, 0.3) is 0 Å². The van der Waals surface area contributed by atoms with Crippen LogP contribution in [0.5, 0.6) is 0 Å². The normalized spacial score (nSPS) is 12.0. The number of carbonyl (C=O) groups excluding carboxylic acids is 2. The van der Waals surface area contributed by atoms with E-state index in [0.29, 0.717) is 39.4 Å². The molecule has 0 heterocycles. The van der Waals surface area contributed by atoms with Gasteiger partial charge in [-0.15, -0.1) is 0 Å². The summed E-state index contributed by atoms with van der Waals surface area (Å²) in [7, 11) is 3.17. The van der Waals surface area contributed by atoms with Crippen LogP contribution in [0.15, 0.2) is 0 Å². The summed E-state index contributed by atoms with van der Waals surface area (Å²) in [5.41, 5.74) is 0. The van der Waals surface area contributed by atoms with E-state index in [2.05, 4.69) is 10.6 Å². The van der Waals surface area contributed by atoms with E-state index in [-0.39, 0.29) is 24.5 Å². The van der Waals surface area contributed by atoms with Crippen LogP contribution in [0.25, 0.3) is 0 Å². The third-order valence-corrected chi connectivity index (χ3v) is 3.53. The standard InChI is InChI=1S/C18H36N2O6/c1-4-9-19-17(21)8-5-6-11-25-12-7-10-20-18(22)15-26-14-16(24-3)13-23-2/h16H,4-15H2,1-3H3,(H,19,21)(H,20,22). The van der Waals surface area contributed by atoms with Gasteiger partial charge < -0.3 is 29.6 Å². The molecule has 1 unspecified atom stereocenters. The molecule has 0 radical (unpaired) electrons. The van der Waals surface area contributed by atoms with Gasteiger partial charge in [0.2, 0.25) is 11.8 Å². The van der Waals surface area contributed by atoms with Crippen molar-refractivity contribution in [1.82, 2.24) is 10.6 Å². The molecule has 154 valence electrons. The number of nitrogens with one attached hydrogen (secondary N) is 2. The Hall–Kier alpha value is -1.22. The van der Waals surface area contributed by atoms with Gasteiger partial charge in [-0.3, -0.25) is 9.59 Å². The lowest BCUT2D eigenvalue weighted by Gasteiger charge is -2.14. The average Bonchev–Trinajstić information content (AvgIpc) is 2.64. The maximum absolute atomic E-state index is 11.6. The highest BCUT2D eigenvalue weighted by Gasteiger charge is 2.08. The molecule has 0 aromatic rings. The van der Waals surface area contributed by atoms with Crippen LogP contribution in [-0.4, -0.2) is 78.3 Å². The second kappa shape index (κ2) is 18.6. The quantitative estimate of drug-likeness (QED) is 0.345. The third-order valence-electron chi connectivity index (χ3n) is 3.53. The van der Waals surface area contributed by atoms with E-state index in [1.165, 1.54) is 0 Å². The highest BCUT2D eigenvalue weighted by molar-refractivity contribution is 5.77. The van der Waals surface area contributed by atoms with Crippen molar-refractivity contribution in [2.24, 2.45) is 0 Å². The highest BCUT2D eigenvalue weighted by Crippen LogP contribution is 1.97. The Bertz CT molecular complexity index is 355. The molecular formula is C18H36N2O6. The van der Waals surface area contributed by atoms with Gasteiger partial charge in [-0.1, -0.05) is 6.92 Å². The van der Waals surface area contributed by atoms with E-state index in [1.807, 2.05) is 6.92 Å². The second-order valence-electron chi connectivity index (χ2n) is 5.95. The molecule has 0 fully saturated rings. The molecule has 0 saturated carbocycles. The molecule has 26 heavy (non-hydrogen) atoms. The fourth-order valence-electron chi connectivity index (χ4n) is 2.05. The van der Waals surface area contributed by atoms with Crippen LogP contribution in [0.4, 0.5) is 0 Å². The lowest BCUT2D eigenvalue weighted by Crippen LogP contribution is -2.31. The van der Waals surface area contributed by atoms with Gasteiger partial charge in [-0.05, 0) is 25.7 Å². The molecule has 0 aromatic heterocycles. The van der Waals surface area contributed by atoms with E-state index in [0.717, 1.165) is 32.2 Å². The van der Waals surface area contributed by atoms with Crippen LogP contribution < -0.4 is 10.6 Å². The maximum Gasteiger partial charge on any atom is 0.246 e. The maximum atomic E-state index is 11.6. The Morgan fingerprint density at radius 2 is 1.62 bits per heavy atom. The van der Waals surface area contributed by atoms with Crippen molar-refractivity contribution < 1.29 is 28.5 Å². The topological polar surface area (TPSA) is 95.1 Å². The fourth-order valence-corrected chi connectivity index (χ4v) is 2.05. The summed E-state index contributed by atoms with van der Waals surface area (Å²) in [6.45, 7) is 5.29. The third kappa shape index (κ3) is 16.3. The zero-order valence-electron chi connectivity index (χ0n) is 16.5. The molecule has 0 aliphatic carbocycles. The summed E-state index contributed by atoms with van der Waals surface area (Å²) in [5.74, 6) is -0.0498. The zero-order chi connectivity index (χ0) is 19.5. The van der Waals surface area contributed by atoms with Crippen molar-refractivity contribution in [3.8, 4) is 0 Å². The van der Waals surface area contributed by atoms with Gasteiger partial charge in [0.1, 0.15) is 12.7 Å². The van der Waals surface area contributed by atoms with Crippen molar-refractivity contribution in [2.75, 3.05) is 60.3 Å². The van der Waals surface area contributed by atoms with Gasteiger partial charge in [0, 0.05) is 46.9 Å². The monoisotopic (exact) mass is 376 g/mol. The molecular weight excluding hydrogens is 340 g/mol. The number of carbonyl (C=O) groups is 2. The largest absolute Gasteiger partial charge is 0.382 e. The first-order valence-corrected chi connectivity index (χ1v) is 9.34. The van der Waals surface area contributed by atoms with Gasteiger partial charge in [-0.25, -0.2) is 0 Å². The molecule has 0 saturated heterocycles. The summed E-state index contributed by atoms with van der Waals surface area (Å²) >= 11 is 0. The number of unbranched alkanes of at least 4 members (excludes halogenated alkanes) is 1. The highest BCUT2D eigenvalue weighted by atomic mass is 16.5. The Kier molecular flexibility index (Phi) is 17.7. The van der Waals surface area contributed by atoms with Crippen LogP contribution >= 0.6 is 0 Å². The average molecular weight is 376 g/mol. The Morgan fingerprint density at radius 1 is 0.885 bits per heavy atom. The summed E-state index contributed by atoms with van der Waals surface area (Å²) in [6.07, 6.45) is 3.77. The van der Waals surface area contributed by atoms with Crippen LogP contribution in [0.2, 0.25) is 0 Å². The second-order valence-corrected chi connectivity index (χ2v) is 5.95. The number of ether oxygens (including phenoxy) is 4. The Labute approximate surface area is 157 Å². The Balaban J connectivity index is 3.36. The van der Waals surface area contributed by atoms with Gasteiger partial charge >= 0.3 is 0 Å². The molecule has 0 aromatic carbocycles. The van der Waals surface area contributed by atoms with Gasteiger partial charge in [0.15, 0.2) is 0 Å². The predicted molar refractivity (Wildman–Crippen MR) is 99.1 cm³/mol. The Morgan fingerprint density at radius 3 is 2.31 bits per heavy atom. The molecule has 0 spiro atoms. The predicted octanol–water partition coefficient (Wildman–Crippen LogP) is 0.884. The molecule has 2 N–H and O–H groups in total. The van der Waals surface area contributed by atoms with Crippen molar-refractivity contribution in [1.29, 1.82) is 0 Å². The lowest BCUT2D eigenvalue weighted by atomic mass is 10.2. The minimum absolute atomic E-state index is 0.00449. The number of hydrogen-bond donors (Lipinski definition) is 2. The molecule has 1 atom stereocenters. The van der Waals surface area contributed by atoms with E-state index < -0.39 is 0 Å². The van der Waals surface area contributed by atoms with Gasteiger partial charge in [0.05, 0.1) is 13.2 Å². The number of amides is 2. The molecule has 0 aliphatic heterocycles. The van der Waals surface area contributed by atoms with Crippen molar-refractivity contribution >= 4 is 11.8 Å². The minimum Gasteiger partial charge on any atom is -0.382 e. The summed E-state index contributed by atoms with van der Waals surface area (Å²) in [5, 5.41) is 5.62. The smallest absolute Gasteiger partial charge is 0.246 e.